The molecule has 0 unspecified atom stereocenters. The second-order valence-electron chi connectivity index (χ2n) is 9.25. The zero-order valence-electron chi connectivity index (χ0n) is 18.8. The molecule has 162 valence electrons. The first kappa shape index (κ1) is 22.3. The number of unbranched alkanes of at least 4 members (excludes halogenated alkanes) is 1. The largest absolute Gasteiger partial charge is 0.347 e. The molecule has 1 heterocycles. The van der Waals surface area contributed by atoms with Crippen molar-refractivity contribution in [1.82, 2.24) is 9.88 Å². The Labute approximate surface area is 180 Å². The number of hydrogen-bond acceptors (Lipinski definition) is 2. The molecule has 0 fully saturated rings. The summed E-state index contributed by atoms with van der Waals surface area (Å²) in [6.07, 6.45) is 9.28. The number of aromatic nitrogens is 1. The van der Waals surface area contributed by atoms with Crippen LogP contribution in [0.4, 0.5) is 0 Å². The molecule has 0 radical (unpaired) electrons. The molecule has 1 aliphatic carbocycles. The van der Waals surface area contributed by atoms with Crippen molar-refractivity contribution in [2.24, 2.45) is 0 Å². The Balaban J connectivity index is 1.90. The summed E-state index contributed by atoms with van der Waals surface area (Å²) in [7, 11) is 0. The summed E-state index contributed by atoms with van der Waals surface area (Å²) in [5, 5.41) is 3.13. The molecule has 0 bridgehead atoms. The van der Waals surface area contributed by atoms with E-state index < -0.39 is 5.54 Å². The number of benzene rings is 1. The second kappa shape index (κ2) is 10.1. The quantitative estimate of drug-likeness (QED) is 0.696. The maximum atomic E-state index is 13.3. The molecule has 0 saturated heterocycles. The van der Waals surface area contributed by atoms with Gasteiger partial charge in [-0.3, -0.25) is 9.59 Å². The van der Waals surface area contributed by atoms with Crippen LogP contribution in [-0.2, 0) is 25.8 Å². The fraction of sp³-hybridized carbons (Fsp3) is 0.538. The Kier molecular flexibility index (Phi) is 7.52. The van der Waals surface area contributed by atoms with Crippen LogP contribution in [0, 0.1) is 0 Å². The molecule has 3 rings (SSSR count). The van der Waals surface area contributed by atoms with Crippen molar-refractivity contribution in [3.63, 3.8) is 0 Å². The van der Waals surface area contributed by atoms with Crippen molar-refractivity contribution in [1.29, 1.82) is 0 Å². The van der Waals surface area contributed by atoms with E-state index in [1.54, 1.807) is 0 Å². The summed E-state index contributed by atoms with van der Waals surface area (Å²) in [5.74, 6) is -0.254. The van der Waals surface area contributed by atoms with Crippen LogP contribution in [0.5, 0.6) is 0 Å². The van der Waals surface area contributed by atoms with Crippen molar-refractivity contribution in [2.45, 2.75) is 90.6 Å². The number of pyridine rings is 1. The summed E-state index contributed by atoms with van der Waals surface area (Å²) in [5.41, 5.74) is 3.25. The molecule has 1 amide bonds. The first-order chi connectivity index (χ1) is 14.4. The molecule has 30 heavy (non-hydrogen) atoms. The lowest BCUT2D eigenvalue weighted by Crippen LogP contribution is -2.47. The summed E-state index contributed by atoms with van der Waals surface area (Å²) >= 11 is 0. The third-order valence-corrected chi connectivity index (χ3v) is 6.02. The number of rotatable bonds is 7. The minimum atomic E-state index is -0.441. The number of amides is 1. The predicted octanol–water partition coefficient (Wildman–Crippen LogP) is 5.06. The smallest absolute Gasteiger partial charge is 0.263 e. The van der Waals surface area contributed by atoms with Crippen LogP contribution in [-0.4, -0.2) is 16.0 Å². The number of fused-ring (bicyclic) bond motifs is 1. The molecule has 1 aromatic heterocycles. The van der Waals surface area contributed by atoms with E-state index in [0.717, 1.165) is 44.2 Å². The Morgan fingerprint density at radius 2 is 1.77 bits per heavy atom. The minimum absolute atomic E-state index is 0.129. The van der Waals surface area contributed by atoms with E-state index in [1.165, 1.54) is 24.0 Å². The lowest BCUT2D eigenvalue weighted by atomic mass is 9.93. The third-order valence-electron chi connectivity index (χ3n) is 6.02. The van der Waals surface area contributed by atoms with Gasteiger partial charge < -0.3 is 9.88 Å². The van der Waals surface area contributed by atoms with Crippen LogP contribution in [0.1, 0.15) is 86.5 Å². The average molecular weight is 409 g/mol. The Hall–Kier alpha value is -2.36. The lowest BCUT2D eigenvalue weighted by molar-refractivity contribution is 0.0910. The Morgan fingerprint density at radius 3 is 2.47 bits per heavy atom. The van der Waals surface area contributed by atoms with Gasteiger partial charge in [0.2, 0.25) is 0 Å². The molecule has 0 spiro atoms. The highest BCUT2D eigenvalue weighted by molar-refractivity contribution is 5.94. The lowest BCUT2D eigenvalue weighted by Gasteiger charge is -2.27. The van der Waals surface area contributed by atoms with E-state index in [4.69, 9.17) is 0 Å². The molecule has 4 nitrogen and oxygen atoms in total. The van der Waals surface area contributed by atoms with Gasteiger partial charge >= 0.3 is 0 Å². The van der Waals surface area contributed by atoms with Gasteiger partial charge in [-0.2, -0.15) is 0 Å². The Bertz CT molecular complexity index is 913. The summed E-state index contributed by atoms with van der Waals surface area (Å²) in [6.45, 7) is 6.87. The van der Waals surface area contributed by atoms with Gasteiger partial charge in [0.1, 0.15) is 5.56 Å². The fourth-order valence-electron chi connectivity index (χ4n) is 4.47. The number of hydrogen-bond donors (Lipinski definition) is 1. The van der Waals surface area contributed by atoms with Crippen LogP contribution in [0.15, 0.2) is 41.2 Å². The fourth-order valence-corrected chi connectivity index (χ4v) is 4.47. The van der Waals surface area contributed by atoms with Gasteiger partial charge in [0, 0.05) is 17.8 Å². The standard InChI is InChI=1S/C26H36N2O2/c1-4-5-17-28-23-16-12-7-6-11-15-21(23)18-22(25(28)30)24(29)27-26(2,3)19-20-13-9-8-10-14-20/h8-10,13-14,18H,4-7,11-12,15-17,19H2,1-3H3,(H,27,29). The van der Waals surface area contributed by atoms with Crippen LogP contribution < -0.4 is 10.9 Å². The van der Waals surface area contributed by atoms with Crippen LogP contribution >= 0.6 is 0 Å². The van der Waals surface area contributed by atoms with Crippen molar-refractivity contribution in [3.8, 4) is 0 Å². The maximum Gasteiger partial charge on any atom is 0.263 e. The highest BCUT2D eigenvalue weighted by Crippen LogP contribution is 2.21. The van der Waals surface area contributed by atoms with E-state index in [2.05, 4.69) is 24.4 Å². The van der Waals surface area contributed by atoms with Gasteiger partial charge in [-0.05, 0) is 69.6 Å². The molecule has 1 aliphatic rings. The molecule has 1 N–H and O–H groups in total. The van der Waals surface area contributed by atoms with Gasteiger partial charge in [-0.1, -0.05) is 56.5 Å². The van der Waals surface area contributed by atoms with Crippen molar-refractivity contribution in [2.75, 3.05) is 0 Å². The molecule has 0 saturated carbocycles. The SMILES string of the molecule is CCCCn1c2c(cc(C(=O)NC(C)(C)Cc3ccccc3)c1=O)CCCCCC2. The number of carbonyl (C=O) groups is 1. The molecule has 0 atom stereocenters. The van der Waals surface area contributed by atoms with Gasteiger partial charge in [-0.15, -0.1) is 0 Å². The van der Waals surface area contributed by atoms with Crippen molar-refractivity contribution < 1.29 is 4.79 Å². The molecule has 0 aliphatic heterocycles. The maximum absolute atomic E-state index is 13.3. The van der Waals surface area contributed by atoms with E-state index in [9.17, 15) is 9.59 Å². The number of aryl methyl sites for hydroxylation is 1. The predicted molar refractivity (Wildman–Crippen MR) is 123 cm³/mol. The molecular formula is C26H36N2O2. The van der Waals surface area contributed by atoms with Gasteiger partial charge in [0.05, 0.1) is 0 Å². The minimum Gasteiger partial charge on any atom is -0.347 e. The average Bonchev–Trinajstić information content (AvgIpc) is 2.68. The van der Waals surface area contributed by atoms with Gasteiger partial charge in [0.25, 0.3) is 11.5 Å². The number of nitrogens with one attached hydrogen (secondary N) is 1. The van der Waals surface area contributed by atoms with Gasteiger partial charge in [-0.25, -0.2) is 0 Å². The molecule has 4 heteroatoms. The monoisotopic (exact) mass is 408 g/mol. The number of nitrogens with zero attached hydrogens (tertiary/aromatic N) is 1. The van der Waals surface area contributed by atoms with E-state index >= 15 is 0 Å². The summed E-state index contributed by atoms with van der Waals surface area (Å²) in [6, 6.07) is 12.0. The first-order valence-corrected chi connectivity index (χ1v) is 11.5. The summed E-state index contributed by atoms with van der Waals surface area (Å²) < 4.78 is 1.91. The first-order valence-electron chi connectivity index (χ1n) is 11.5. The third kappa shape index (κ3) is 5.62. The zero-order valence-corrected chi connectivity index (χ0v) is 18.8. The Morgan fingerprint density at radius 1 is 1.07 bits per heavy atom. The van der Waals surface area contributed by atoms with Crippen molar-refractivity contribution >= 4 is 5.91 Å². The van der Waals surface area contributed by atoms with Crippen LogP contribution in [0.3, 0.4) is 0 Å². The second-order valence-corrected chi connectivity index (χ2v) is 9.25. The topological polar surface area (TPSA) is 51.1 Å². The summed E-state index contributed by atoms with van der Waals surface area (Å²) in [4.78, 5) is 26.5. The van der Waals surface area contributed by atoms with E-state index in [-0.39, 0.29) is 11.5 Å². The number of carbonyl (C=O) groups excluding carboxylic acids is 1. The van der Waals surface area contributed by atoms with Gasteiger partial charge in [0.15, 0.2) is 0 Å². The van der Waals surface area contributed by atoms with E-state index in [0.29, 0.717) is 18.5 Å². The molecule has 2 aromatic rings. The highest BCUT2D eigenvalue weighted by Gasteiger charge is 2.25. The zero-order chi connectivity index (χ0) is 21.6. The normalized spacial score (nSPS) is 14.5. The highest BCUT2D eigenvalue weighted by atomic mass is 16.2. The van der Waals surface area contributed by atoms with Crippen molar-refractivity contribution in [3.05, 3.63) is 69.1 Å². The molecular weight excluding hydrogens is 372 g/mol. The van der Waals surface area contributed by atoms with Crippen LogP contribution in [0.2, 0.25) is 0 Å². The van der Waals surface area contributed by atoms with Crippen LogP contribution in [0.25, 0.3) is 0 Å². The molecule has 1 aromatic carbocycles. The van der Waals surface area contributed by atoms with E-state index in [1.807, 2.05) is 42.7 Å².